The highest BCUT2D eigenvalue weighted by atomic mass is 16.6. The molecule has 2 aromatic carbocycles. The lowest BCUT2D eigenvalue weighted by Gasteiger charge is -2.45. The second-order valence-corrected chi connectivity index (χ2v) is 8.10. The van der Waals surface area contributed by atoms with Gasteiger partial charge < -0.3 is 29.1 Å². The van der Waals surface area contributed by atoms with E-state index < -0.39 is 12.2 Å². The standard InChI is InChI=1S/C23H25N3O6/c27-13-19-12-26(23(29)32-19)17-6-7-20-21(10-17)30-15-18-11-24(8-9-25(18)20)22(28)31-14-16-4-2-1-3-5-16/h1-7,10,18-19,27H,8-9,11-15H2/t18-,19+/m0/s1. The van der Waals surface area contributed by atoms with Gasteiger partial charge in [0.15, 0.2) is 0 Å². The Morgan fingerprint density at radius 1 is 1.12 bits per heavy atom. The zero-order chi connectivity index (χ0) is 22.1. The van der Waals surface area contributed by atoms with Crippen molar-refractivity contribution in [3.63, 3.8) is 0 Å². The lowest BCUT2D eigenvalue weighted by Crippen LogP contribution is -2.58. The van der Waals surface area contributed by atoms with E-state index in [4.69, 9.17) is 14.2 Å². The summed E-state index contributed by atoms with van der Waals surface area (Å²) in [6, 6.07) is 15.3. The lowest BCUT2D eigenvalue weighted by molar-refractivity contribution is 0.0830. The number of piperazine rings is 1. The van der Waals surface area contributed by atoms with Crippen LogP contribution in [0.15, 0.2) is 48.5 Å². The Labute approximate surface area is 185 Å². The molecule has 2 aromatic rings. The van der Waals surface area contributed by atoms with Crippen LogP contribution >= 0.6 is 0 Å². The number of cyclic esters (lactones) is 1. The number of nitrogens with zero attached hydrogens (tertiary/aromatic N) is 3. The fraction of sp³-hybridized carbons (Fsp3) is 0.391. The predicted octanol–water partition coefficient (Wildman–Crippen LogP) is 2.22. The zero-order valence-electron chi connectivity index (χ0n) is 17.6. The minimum absolute atomic E-state index is 0.0295. The van der Waals surface area contributed by atoms with Gasteiger partial charge in [-0.3, -0.25) is 4.90 Å². The molecule has 32 heavy (non-hydrogen) atoms. The molecular formula is C23H25N3O6. The van der Waals surface area contributed by atoms with Gasteiger partial charge in [-0.1, -0.05) is 30.3 Å². The van der Waals surface area contributed by atoms with Crippen molar-refractivity contribution in [1.82, 2.24) is 4.90 Å². The maximum Gasteiger partial charge on any atom is 0.414 e. The molecule has 2 amide bonds. The highest BCUT2D eigenvalue weighted by Crippen LogP contribution is 2.39. The van der Waals surface area contributed by atoms with E-state index in [9.17, 15) is 14.7 Å². The van der Waals surface area contributed by atoms with Gasteiger partial charge in [0.05, 0.1) is 30.6 Å². The van der Waals surface area contributed by atoms with Crippen LogP contribution in [0.1, 0.15) is 5.56 Å². The number of hydrogen-bond donors (Lipinski definition) is 1. The van der Waals surface area contributed by atoms with Crippen molar-refractivity contribution >= 4 is 23.6 Å². The van der Waals surface area contributed by atoms with Crippen LogP contribution in [-0.4, -0.2) is 73.7 Å². The number of aliphatic hydroxyl groups excluding tert-OH is 1. The summed E-state index contributed by atoms with van der Waals surface area (Å²) in [5.74, 6) is 0.694. The molecule has 2 fully saturated rings. The molecule has 3 aliphatic heterocycles. The fourth-order valence-electron chi connectivity index (χ4n) is 4.33. The fourth-order valence-corrected chi connectivity index (χ4v) is 4.33. The van der Waals surface area contributed by atoms with Gasteiger partial charge >= 0.3 is 12.2 Å². The molecule has 2 saturated heterocycles. The van der Waals surface area contributed by atoms with E-state index in [1.165, 1.54) is 4.90 Å². The molecule has 5 rings (SSSR count). The van der Waals surface area contributed by atoms with E-state index in [1.54, 1.807) is 4.90 Å². The Bertz CT molecular complexity index is 1000. The van der Waals surface area contributed by atoms with Crippen molar-refractivity contribution in [1.29, 1.82) is 0 Å². The van der Waals surface area contributed by atoms with Crippen molar-refractivity contribution in [2.24, 2.45) is 0 Å². The molecule has 0 bridgehead atoms. The third kappa shape index (κ3) is 3.91. The lowest BCUT2D eigenvalue weighted by atomic mass is 10.1. The average molecular weight is 439 g/mol. The van der Waals surface area contributed by atoms with Gasteiger partial charge in [0, 0.05) is 25.7 Å². The molecule has 9 heteroatoms. The average Bonchev–Trinajstić information content (AvgIpc) is 3.23. The first kappa shape index (κ1) is 20.4. The molecule has 2 atom stereocenters. The zero-order valence-corrected chi connectivity index (χ0v) is 17.6. The first-order chi connectivity index (χ1) is 15.6. The molecule has 0 unspecified atom stereocenters. The number of anilines is 2. The van der Waals surface area contributed by atoms with Crippen LogP contribution in [0.2, 0.25) is 0 Å². The molecule has 1 N–H and O–H groups in total. The van der Waals surface area contributed by atoms with Crippen LogP contribution in [0, 0.1) is 0 Å². The monoisotopic (exact) mass is 439 g/mol. The van der Waals surface area contributed by atoms with E-state index in [1.807, 2.05) is 48.5 Å². The summed E-state index contributed by atoms with van der Waals surface area (Å²) in [5.41, 5.74) is 2.57. The van der Waals surface area contributed by atoms with E-state index in [2.05, 4.69) is 4.90 Å². The van der Waals surface area contributed by atoms with Gasteiger partial charge in [-0.15, -0.1) is 0 Å². The normalized spacial score (nSPS) is 22.0. The van der Waals surface area contributed by atoms with Crippen LogP contribution in [-0.2, 0) is 16.1 Å². The third-order valence-electron chi connectivity index (χ3n) is 6.02. The van der Waals surface area contributed by atoms with Gasteiger partial charge in [-0.2, -0.15) is 0 Å². The van der Waals surface area contributed by atoms with Crippen LogP contribution < -0.4 is 14.5 Å². The summed E-state index contributed by atoms with van der Waals surface area (Å²) in [5, 5.41) is 9.25. The van der Waals surface area contributed by atoms with Gasteiger partial charge in [-0.25, -0.2) is 9.59 Å². The second kappa shape index (κ2) is 8.58. The van der Waals surface area contributed by atoms with Crippen molar-refractivity contribution in [2.75, 3.05) is 49.2 Å². The number of carbonyl (C=O) groups is 2. The number of ether oxygens (including phenoxy) is 3. The number of aliphatic hydroxyl groups is 1. The van der Waals surface area contributed by atoms with Crippen molar-refractivity contribution in [2.45, 2.75) is 18.8 Å². The van der Waals surface area contributed by atoms with Gasteiger partial charge in [0.2, 0.25) is 0 Å². The van der Waals surface area contributed by atoms with Crippen LogP contribution in [0.4, 0.5) is 21.0 Å². The number of benzene rings is 2. The third-order valence-corrected chi connectivity index (χ3v) is 6.02. The molecule has 168 valence electrons. The topological polar surface area (TPSA) is 91.8 Å². The Balaban J connectivity index is 1.23. The van der Waals surface area contributed by atoms with Crippen molar-refractivity contribution in [3.8, 4) is 5.75 Å². The summed E-state index contributed by atoms with van der Waals surface area (Å²) in [4.78, 5) is 30.1. The number of carbonyl (C=O) groups excluding carboxylic acids is 2. The SMILES string of the molecule is O=C(OCc1ccccc1)N1CCN2c3ccc(N4C[C@H](CO)OC4=O)cc3OC[C@@H]2C1. The Hall–Kier alpha value is -3.46. The summed E-state index contributed by atoms with van der Waals surface area (Å²) in [7, 11) is 0. The molecule has 0 aromatic heterocycles. The van der Waals surface area contributed by atoms with Crippen molar-refractivity contribution < 1.29 is 28.9 Å². The second-order valence-electron chi connectivity index (χ2n) is 8.10. The highest BCUT2D eigenvalue weighted by Gasteiger charge is 2.37. The van der Waals surface area contributed by atoms with Crippen molar-refractivity contribution in [3.05, 3.63) is 54.1 Å². The highest BCUT2D eigenvalue weighted by molar-refractivity contribution is 5.90. The van der Waals surface area contributed by atoms with E-state index >= 15 is 0 Å². The van der Waals surface area contributed by atoms with Gasteiger partial charge in [-0.05, 0) is 17.7 Å². The minimum Gasteiger partial charge on any atom is -0.489 e. The minimum atomic E-state index is -0.515. The van der Waals surface area contributed by atoms with E-state index in [-0.39, 0.29) is 25.3 Å². The molecule has 9 nitrogen and oxygen atoms in total. The maximum absolute atomic E-state index is 12.5. The molecule has 0 aliphatic carbocycles. The van der Waals surface area contributed by atoms with Crippen LogP contribution in [0.5, 0.6) is 5.75 Å². The Morgan fingerprint density at radius 3 is 2.75 bits per heavy atom. The predicted molar refractivity (Wildman–Crippen MR) is 116 cm³/mol. The largest absolute Gasteiger partial charge is 0.489 e. The van der Waals surface area contributed by atoms with Gasteiger partial charge in [0.1, 0.15) is 25.1 Å². The molecule has 0 radical (unpaired) electrons. The van der Waals surface area contributed by atoms with Crippen LogP contribution in [0.3, 0.4) is 0 Å². The number of amides is 2. The first-order valence-corrected chi connectivity index (χ1v) is 10.7. The molecule has 0 spiro atoms. The quantitative estimate of drug-likeness (QED) is 0.781. The number of fused-ring (bicyclic) bond motifs is 3. The number of hydrogen-bond acceptors (Lipinski definition) is 7. The van der Waals surface area contributed by atoms with E-state index in [0.29, 0.717) is 44.2 Å². The molecule has 3 heterocycles. The molecule has 0 saturated carbocycles. The number of rotatable bonds is 4. The molecule has 3 aliphatic rings. The maximum atomic E-state index is 12.5. The van der Waals surface area contributed by atoms with Gasteiger partial charge in [0.25, 0.3) is 0 Å². The first-order valence-electron chi connectivity index (χ1n) is 10.7. The summed E-state index contributed by atoms with van der Waals surface area (Å²) in [6.07, 6.45) is -1.31. The summed E-state index contributed by atoms with van der Waals surface area (Å²) < 4.78 is 16.6. The Kier molecular flexibility index (Phi) is 5.48. The smallest absolute Gasteiger partial charge is 0.414 e. The summed E-state index contributed by atoms with van der Waals surface area (Å²) >= 11 is 0. The van der Waals surface area contributed by atoms with Crippen LogP contribution in [0.25, 0.3) is 0 Å². The molecular weight excluding hydrogens is 414 g/mol. The van der Waals surface area contributed by atoms with E-state index in [0.717, 1.165) is 11.3 Å². The summed E-state index contributed by atoms with van der Waals surface area (Å²) in [6.45, 7) is 2.53. The Morgan fingerprint density at radius 2 is 1.97 bits per heavy atom.